The molecule has 3 aromatic rings. The Kier molecular flexibility index (Phi) is 7.62. The molecular weight excluding hydrogens is 388 g/mol. The van der Waals surface area contributed by atoms with Crippen molar-refractivity contribution in [2.24, 2.45) is 0 Å². The smallest absolute Gasteiger partial charge is 0.183 e. The first-order chi connectivity index (χ1) is 15.1. The molecule has 3 rings (SSSR count). The zero-order chi connectivity index (χ0) is 22.2. The van der Waals surface area contributed by atoms with Crippen LogP contribution in [0.1, 0.15) is 44.7 Å². The summed E-state index contributed by atoms with van der Waals surface area (Å²) in [6.07, 6.45) is 7.90. The Morgan fingerprint density at radius 2 is 2.00 bits per heavy atom. The lowest BCUT2D eigenvalue weighted by Crippen LogP contribution is -2.10. The number of hydrogen-bond acceptors (Lipinski definition) is 5. The van der Waals surface area contributed by atoms with Crippen molar-refractivity contribution in [2.45, 2.75) is 47.0 Å². The van der Waals surface area contributed by atoms with Crippen LogP contribution in [-0.4, -0.2) is 20.0 Å². The molecule has 0 aliphatic rings. The molecule has 0 atom stereocenters. The Hall–Kier alpha value is -3.38. The fraction of sp³-hybridized carbons (Fsp3) is 0.280. The molecule has 0 spiro atoms. The molecule has 31 heavy (non-hydrogen) atoms. The van der Waals surface area contributed by atoms with Crippen molar-refractivity contribution in [3.8, 4) is 17.1 Å². The van der Waals surface area contributed by atoms with Gasteiger partial charge in [0.25, 0.3) is 0 Å². The summed E-state index contributed by atoms with van der Waals surface area (Å²) in [5, 5.41) is 17.7. The number of allylic oxidation sites excluding steroid dienone is 3. The van der Waals surface area contributed by atoms with Crippen molar-refractivity contribution in [2.75, 3.05) is 5.32 Å². The first-order valence-electron chi connectivity index (χ1n) is 10.7. The molecular formula is C25H30N4O2. The number of anilines is 1. The first-order valence-corrected chi connectivity index (χ1v) is 10.7. The van der Waals surface area contributed by atoms with Gasteiger partial charge in [0, 0.05) is 17.8 Å². The fourth-order valence-electron chi connectivity index (χ4n) is 3.31. The van der Waals surface area contributed by atoms with Crippen molar-refractivity contribution in [3.05, 3.63) is 83.4 Å². The molecule has 6 nitrogen and oxygen atoms in total. The highest BCUT2D eigenvalue weighted by atomic mass is 17.1. The van der Waals surface area contributed by atoms with E-state index in [1.807, 2.05) is 45.0 Å². The molecule has 0 radical (unpaired) electrons. The molecule has 6 heteroatoms. The number of rotatable bonds is 9. The van der Waals surface area contributed by atoms with Crippen molar-refractivity contribution < 1.29 is 10.1 Å². The molecule has 2 N–H and O–H groups in total. The third kappa shape index (κ3) is 5.22. The van der Waals surface area contributed by atoms with Crippen molar-refractivity contribution in [3.63, 3.8) is 0 Å². The van der Waals surface area contributed by atoms with Crippen LogP contribution in [0.25, 0.3) is 17.1 Å². The molecule has 2 heterocycles. The van der Waals surface area contributed by atoms with Gasteiger partial charge in [0.2, 0.25) is 0 Å². The van der Waals surface area contributed by atoms with Crippen LogP contribution >= 0.6 is 0 Å². The summed E-state index contributed by atoms with van der Waals surface area (Å²) >= 11 is 0. The van der Waals surface area contributed by atoms with Gasteiger partial charge in [0.1, 0.15) is 5.82 Å². The summed E-state index contributed by atoms with van der Waals surface area (Å²) in [7, 11) is 0. The zero-order valence-corrected chi connectivity index (χ0v) is 18.6. The van der Waals surface area contributed by atoms with Crippen molar-refractivity contribution in [1.29, 1.82) is 0 Å². The van der Waals surface area contributed by atoms with E-state index in [0.717, 1.165) is 47.0 Å². The Morgan fingerprint density at radius 1 is 1.16 bits per heavy atom. The molecule has 0 saturated heterocycles. The van der Waals surface area contributed by atoms with Gasteiger partial charge in [0.15, 0.2) is 11.6 Å². The highest BCUT2D eigenvalue weighted by Crippen LogP contribution is 2.28. The minimum absolute atomic E-state index is 0.379. The molecule has 0 unspecified atom stereocenters. The molecule has 1 aromatic carbocycles. The number of hydrogen-bond donors (Lipinski definition) is 2. The summed E-state index contributed by atoms with van der Waals surface area (Å²) in [5.74, 6) is 1.87. The SMILES string of the molecule is CC/C=C\C(OO)=C(/CC)Nc1cc(-c2cccc(CC)c2)nn1-c1ncccc1C. The average molecular weight is 419 g/mol. The monoisotopic (exact) mass is 418 g/mol. The predicted molar refractivity (Wildman–Crippen MR) is 125 cm³/mol. The fourth-order valence-corrected chi connectivity index (χ4v) is 3.31. The number of aryl methyl sites for hydroxylation is 2. The van der Waals surface area contributed by atoms with Crippen LogP contribution in [-0.2, 0) is 11.3 Å². The summed E-state index contributed by atoms with van der Waals surface area (Å²) in [4.78, 5) is 9.20. The van der Waals surface area contributed by atoms with Gasteiger partial charge in [-0.05, 0) is 55.5 Å². The molecule has 0 aliphatic carbocycles. The van der Waals surface area contributed by atoms with Crippen molar-refractivity contribution in [1.82, 2.24) is 14.8 Å². The quantitative estimate of drug-likeness (QED) is 0.185. The van der Waals surface area contributed by atoms with E-state index in [4.69, 9.17) is 5.10 Å². The summed E-state index contributed by atoms with van der Waals surface area (Å²) in [6, 6.07) is 14.3. The minimum Gasteiger partial charge on any atom is -0.340 e. The van der Waals surface area contributed by atoms with Crippen LogP contribution in [0, 0.1) is 6.92 Å². The van der Waals surface area contributed by atoms with Crippen LogP contribution in [0.2, 0.25) is 0 Å². The maximum atomic E-state index is 9.42. The van der Waals surface area contributed by atoms with E-state index in [0.29, 0.717) is 12.2 Å². The standard InChI is InChI=1S/C25H30N4O2/c1-5-8-14-23(31-30)21(7-3)27-24-17-22(20-13-9-12-19(6-2)16-20)28-29(24)25-18(4)11-10-15-26-25/h8-17,27,30H,5-7H2,1-4H3/b14-8-,23-21-. The average Bonchev–Trinajstić information content (AvgIpc) is 3.22. The van der Waals surface area contributed by atoms with E-state index in [2.05, 4.69) is 46.4 Å². The van der Waals surface area contributed by atoms with Gasteiger partial charge in [-0.1, -0.05) is 51.1 Å². The van der Waals surface area contributed by atoms with Crippen LogP contribution in [0.5, 0.6) is 0 Å². The maximum Gasteiger partial charge on any atom is 0.183 e. The lowest BCUT2D eigenvalue weighted by atomic mass is 10.1. The third-order valence-electron chi connectivity index (χ3n) is 5.06. The van der Waals surface area contributed by atoms with E-state index in [1.165, 1.54) is 5.56 Å². The molecule has 0 bridgehead atoms. The van der Waals surface area contributed by atoms with Crippen molar-refractivity contribution >= 4 is 5.82 Å². The second-order valence-corrected chi connectivity index (χ2v) is 7.25. The second-order valence-electron chi connectivity index (χ2n) is 7.25. The molecule has 0 saturated carbocycles. The van der Waals surface area contributed by atoms with Crippen LogP contribution in [0.3, 0.4) is 0 Å². The Morgan fingerprint density at radius 3 is 2.68 bits per heavy atom. The van der Waals surface area contributed by atoms with E-state index in [9.17, 15) is 5.26 Å². The lowest BCUT2D eigenvalue weighted by molar-refractivity contribution is -0.199. The molecule has 2 aromatic heterocycles. The highest BCUT2D eigenvalue weighted by Gasteiger charge is 2.16. The van der Waals surface area contributed by atoms with Gasteiger partial charge in [-0.3, -0.25) is 0 Å². The molecule has 0 amide bonds. The van der Waals surface area contributed by atoms with Crippen LogP contribution in [0.15, 0.2) is 72.3 Å². The second kappa shape index (κ2) is 10.6. The maximum absolute atomic E-state index is 9.42. The molecule has 0 aliphatic heterocycles. The largest absolute Gasteiger partial charge is 0.340 e. The molecule has 0 fully saturated rings. The number of nitrogens with zero attached hydrogens (tertiary/aromatic N) is 3. The normalized spacial score (nSPS) is 12.2. The summed E-state index contributed by atoms with van der Waals surface area (Å²) in [6.45, 7) is 8.17. The van der Waals surface area contributed by atoms with E-state index in [1.54, 1.807) is 17.0 Å². The van der Waals surface area contributed by atoms with Gasteiger partial charge in [0.05, 0.1) is 11.4 Å². The van der Waals surface area contributed by atoms with Crippen LogP contribution < -0.4 is 5.32 Å². The van der Waals surface area contributed by atoms with Gasteiger partial charge in [-0.15, -0.1) is 0 Å². The van der Waals surface area contributed by atoms with Gasteiger partial charge >= 0.3 is 0 Å². The van der Waals surface area contributed by atoms with E-state index >= 15 is 0 Å². The predicted octanol–water partition coefficient (Wildman–Crippen LogP) is 6.29. The zero-order valence-electron chi connectivity index (χ0n) is 18.6. The number of benzene rings is 1. The van der Waals surface area contributed by atoms with Gasteiger partial charge in [-0.2, -0.15) is 9.78 Å². The summed E-state index contributed by atoms with van der Waals surface area (Å²) in [5.41, 5.74) is 4.89. The topological polar surface area (TPSA) is 72.2 Å². The number of nitrogens with one attached hydrogen (secondary N) is 1. The van der Waals surface area contributed by atoms with E-state index in [-0.39, 0.29) is 0 Å². The van der Waals surface area contributed by atoms with Gasteiger partial charge < -0.3 is 10.2 Å². The Balaban J connectivity index is 2.13. The Bertz CT molecular complexity index is 1080. The number of aromatic nitrogens is 3. The highest BCUT2D eigenvalue weighted by molar-refractivity contribution is 5.66. The lowest BCUT2D eigenvalue weighted by Gasteiger charge is -2.14. The first kappa shape index (κ1) is 22.3. The van der Waals surface area contributed by atoms with Gasteiger partial charge in [-0.25, -0.2) is 10.2 Å². The summed E-state index contributed by atoms with van der Waals surface area (Å²) < 4.78 is 1.80. The minimum atomic E-state index is 0.379. The molecule has 162 valence electrons. The van der Waals surface area contributed by atoms with Crippen LogP contribution in [0.4, 0.5) is 5.82 Å². The van der Waals surface area contributed by atoms with E-state index < -0.39 is 0 Å². The Labute approximate surface area is 183 Å². The third-order valence-corrected chi connectivity index (χ3v) is 5.06. The number of pyridine rings is 1.